The number of halogens is 1. The van der Waals surface area contributed by atoms with Gasteiger partial charge in [0.2, 0.25) is 5.91 Å². The molecule has 0 aliphatic heterocycles. The number of hydrogen-bond donors (Lipinski definition) is 1. The summed E-state index contributed by atoms with van der Waals surface area (Å²) in [6.07, 6.45) is 7.67. The molecule has 0 aliphatic rings. The molecule has 1 aromatic carbocycles. The van der Waals surface area contributed by atoms with Crippen LogP contribution in [0, 0.1) is 5.82 Å². The minimum Gasteiger partial charge on any atom is -0.319 e. The summed E-state index contributed by atoms with van der Waals surface area (Å²) >= 11 is 0. The van der Waals surface area contributed by atoms with Gasteiger partial charge in [0.1, 0.15) is 5.82 Å². The van der Waals surface area contributed by atoms with Crippen LogP contribution in [0.3, 0.4) is 0 Å². The Morgan fingerprint density at radius 3 is 2.78 bits per heavy atom. The van der Waals surface area contributed by atoms with Gasteiger partial charge in [-0.05, 0) is 30.3 Å². The number of hydrogen-bond acceptors (Lipinski definition) is 3. The first-order valence-electron chi connectivity index (χ1n) is 6.92. The molecule has 2 heterocycles. The third-order valence-corrected chi connectivity index (χ3v) is 3.09. The summed E-state index contributed by atoms with van der Waals surface area (Å²) in [7, 11) is 0. The molecule has 0 unspecified atom stereocenters. The van der Waals surface area contributed by atoms with Crippen LogP contribution in [0.5, 0.6) is 0 Å². The zero-order chi connectivity index (χ0) is 16.1. The fourth-order valence-corrected chi connectivity index (χ4v) is 2.02. The van der Waals surface area contributed by atoms with Crippen molar-refractivity contribution < 1.29 is 9.18 Å². The van der Waals surface area contributed by atoms with Gasteiger partial charge in [0, 0.05) is 30.2 Å². The molecule has 0 spiro atoms. The Balaban J connectivity index is 1.78. The van der Waals surface area contributed by atoms with E-state index in [1.807, 2.05) is 0 Å². The van der Waals surface area contributed by atoms with Crippen molar-refractivity contribution in [1.29, 1.82) is 0 Å². The summed E-state index contributed by atoms with van der Waals surface area (Å²) in [5.41, 5.74) is 0.862. The van der Waals surface area contributed by atoms with Crippen LogP contribution < -0.4 is 5.32 Å². The van der Waals surface area contributed by atoms with Crippen LogP contribution in [0.2, 0.25) is 0 Å². The molecule has 114 valence electrons. The van der Waals surface area contributed by atoms with Gasteiger partial charge in [-0.2, -0.15) is 5.10 Å². The lowest BCUT2D eigenvalue weighted by Crippen LogP contribution is -2.12. The van der Waals surface area contributed by atoms with Gasteiger partial charge in [-0.25, -0.2) is 14.1 Å². The lowest BCUT2D eigenvalue weighted by Gasteiger charge is -2.08. The van der Waals surface area contributed by atoms with Crippen LogP contribution >= 0.6 is 0 Å². The number of pyridine rings is 1. The molecule has 0 radical (unpaired) electrons. The maximum absolute atomic E-state index is 13.5. The van der Waals surface area contributed by atoms with Crippen LogP contribution in [0.1, 0.15) is 5.56 Å². The highest BCUT2D eigenvalue weighted by molar-refractivity contribution is 6.02. The van der Waals surface area contributed by atoms with E-state index < -0.39 is 0 Å². The number of nitrogens with zero attached hydrogens (tertiary/aromatic N) is 3. The Kier molecular flexibility index (Phi) is 4.24. The van der Waals surface area contributed by atoms with Crippen molar-refractivity contribution >= 4 is 17.7 Å². The Labute approximate surface area is 132 Å². The van der Waals surface area contributed by atoms with Gasteiger partial charge in [0.05, 0.1) is 5.69 Å². The number of anilines is 1. The number of aromatic nitrogens is 3. The van der Waals surface area contributed by atoms with Gasteiger partial charge in [0.15, 0.2) is 5.82 Å². The fraction of sp³-hybridized carbons (Fsp3) is 0. The van der Waals surface area contributed by atoms with E-state index in [0.29, 0.717) is 17.1 Å². The second-order valence-electron chi connectivity index (χ2n) is 4.67. The first-order chi connectivity index (χ1) is 11.2. The predicted molar refractivity (Wildman–Crippen MR) is 85.4 cm³/mol. The van der Waals surface area contributed by atoms with Crippen molar-refractivity contribution in [3.63, 3.8) is 0 Å². The summed E-state index contributed by atoms with van der Waals surface area (Å²) in [6.45, 7) is 0. The Morgan fingerprint density at radius 1 is 1.13 bits per heavy atom. The van der Waals surface area contributed by atoms with Gasteiger partial charge in [-0.1, -0.05) is 18.2 Å². The average molecular weight is 308 g/mol. The van der Waals surface area contributed by atoms with Crippen molar-refractivity contribution in [2.45, 2.75) is 0 Å². The molecule has 0 aliphatic carbocycles. The van der Waals surface area contributed by atoms with E-state index in [1.165, 1.54) is 18.2 Å². The molecule has 0 saturated carbocycles. The number of carbonyl (C=O) groups is 1. The van der Waals surface area contributed by atoms with Crippen LogP contribution in [0.25, 0.3) is 11.9 Å². The number of amides is 1. The minimum absolute atomic E-state index is 0.348. The quantitative estimate of drug-likeness (QED) is 0.754. The van der Waals surface area contributed by atoms with Gasteiger partial charge < -0.3 is 5.32 Å². The fourth-order valence-electron chi connectivity index (χ4n) is 2.02. The van der Waals surface area contributed by atoms with E-state index in [9.17, 15) is 9.18 Å². The van der Waals surface area contributed by atoms with Crippen LogP contribution in [-0.4, -0.2) is 20.7 Å². The molecular formula is C17H13FN4O. The lowest BCUT2D eigenvalue weighted by molar-refractivity contribution is -0.111. The van der Waals surface area contributed by atoms with Gasteiger partial charge in [-0.15, -0.1) is 0 Å². The SMILES string of the molecule is O=C(/C=C/c1ccccc1F)Nc1cccnc1-n1cccn1. The first-order valence-corrected chi connectivity index (χ1v) is 6.92. The van der Waals surface area contributed by atoms with Gasteiger partial charge >= 0.3 is 0 Å². The highest BCUT2D eigenvalue weighted by atomic mass is 19.1. The highest BCUT2D eigenvalue weighted by Gasteiger charge is 2.08. The molecule has 23 heavy (non-hydrogen) atoms. The van der Waals surface area contributed by atoms with E-state index in [-0.39, 0.29) is 11.7 Å². The Bertz CT molecular complexity index is 843. The molecule has 1 amide bonds. The first kappa shape index (κ1) is 14.6. The summed E-state index contributed by atoms with van der Waals surface area (Å²) < 4.78 is 15.1. The second-order valence-corrected chi connectivity index (χ2v) is 4.67. The van der Waals surface area contributed by atoms with Crippen molar-refractivity contribution in [3.8, 4) is 5.82 Å². The van der Waals surface area contributed by atoms with Gasteiger partial charge in [0.25, 0.3) is 0 Å². The van der Waals surface area contributed by atoms with Crippen LogP contribution in [0.4, 0.5) is 10.1 Å². The maximum Gasteiger partial charge on any atom is 0.248 e. The average Bonchev–Trinajstić information content (AvgIpc) is 3.09. The summed E-state index contributed by atoms with van der Waals surface area (Å²) in [4.78, 5) is 16.2. The van der Waals surface area contributed by atoms with Crippen molar-refractivity contribution in [2.24, 2.45) is 0 Å². The van der Waals surface area contributed by atoms with E-state index >= 15 is 0 Å². The van der Waals surface area contributed by atoms with Crippen molar-refractivity contribution in [1.82, 2.24) is 14.8 Å². The third kappa shape index (κ3) is 3.49. The monoisotopic (exact) mass is 308 g/mol. The van der Waals surface area contributed by atoms with Crippen molar-refractivity contribution in [3.05, 3.63) is 78.5 Å². The standard InChI is InChI=1S/C17H13FN4O/c18-14-6-2-1-5-13(14)8-9-16(23)21-15-7-3-10-19-17(15)22-12-4-11-20-22/h1-12H,(H,21,23)/b9-8+. The number of carbonyl (C=O) groups excluding carboxylic acids is 1. The smallest absolute Gasteiger partial charge is 0.248 e. The predicted octanol–water partition coefficient (Wildman–Crippen LogP) is 3.06. The molecule has 0 saturated heterocycles. The number of rotatable bonds is 4. The molecule has 2 aromatic heterocycles. The van der Waals surface area contributed by atoms with Gasteiger partial charge in [-0.3, -0.25) is 4.79 Å². The third-order valence-electron chi connectivity index (χ3n) is 3.09. The van der Waals surface area contributed by atoms with Crippen LogP contribution in [-0.2, 0) is 4.79 Å². The second kappa shape index (κ2) is 6.65. The summed E-state index contributed by atoms with van der Waals surface area (Å²) in [6, 6.07) is 11.4. The Hall–Kier alpha value is -3.28. The number of benzene rings is 1. The topological polar surface area (TPSA) is 59.8 Å². The zero-order valence-electron chi connectivity index (χ0n) is 12.1. The maximum atomic E-state index is 13.5. The number of nitrogens with one attached hydrogen (secondary N) is 1. The molecule has 5 nitrogen and oxygen atoms in total. The lowest BCUT2D eigenvalue weighted by atomic mass is 10.2. The summed E-state index contributed by atoms with van der Waals surface area (Å²) in [5.74, 6) is -0.255. The van der Waals surface area contributed by atoms with E-state index in [1.54, 1.807) is 59.7 Å². The minimum atomic E-state index is -0.380. The largest absolute Gasteiger partial charge is 0.319 e. The normalized spacial score (nSPS) is 10.8. The van der Waals surface area contributed by atoms with Crippen molar-refractivity contribution in [2.75, 3.05) is 5.32 Å². The highest BCUT2D eigenvalue weighted by Crippen LogP contribution is 2.16. The molecule has 3 aromatic rings. The summed E-state index contributed by atoms with van der Waals surface area (Å²) in [5, 5.41) is 6.81. The zero-order valence-corrected chi connectivity index (χ0v) is 12.1. The molecule has 3 rings (SSSR count). The molecule has 0 bridgehead atoms. The van der Waals surface area contributed by atoms with E-state index in [0.717, 1.165) is 0 Å². The van der Waals surface area contributed by atoms with E-state index in [2.05, 4.69) is 15.4 Å². The van der Waals surface area contributed by atoms with E-state index in [4.69, 9.17) is 0 Å². The molecule has 1 N–H and O–H groups in total. The molecule has 0 fully saturated rings. The molecular weight excluding hydrogens is 295 g/mol. The molecule has 6 heteroatoms. The van der Waals surface area contributed by atoms with Crippen LogP contribution in [0.15, 0.2) is 67.1 Å². The molecule has 0 atom stereocenters. The Morgan fingerprint density at radius 2 is 2.00 bits per heavy atom.